The Labute approximate surface area is 116 Å². The van der Waals surface area contributed by atoms with Gasteiger partial charge in [-0.25, -0.2) is 0 Å². The van der Waals surface area contributed by atoms with Crippen molar-refractivity contribution in [1.29, 1.82) is 0 Å². The van der Waals surface area contributed by atoms with E-state index >= 15 is 0 Å². The predicted molar refractivity (Wildman–Crippen MR) is 78.4 cm³/mol. The van der Waals surface area contributed by atoms with E-state index in [1.165, 1.54) is 37.7 Å². The highest BCUT2D eigenvalue weighted by atomic mass is 16.5. The van der Waals surface area contributed by atoms with Crippen molar-refractivity contribution in [2.75, 3.05) is 0 Å². The third-order valence-electron chi connectivity index (χ3n) is 4.53. The minimum absolute atomic E-state index is 0.244. The highest BCUT2D eigenvalue weighted by Crippen LogP contribution is 2.38. The lowest BCUT2D eigenvalue weighted by molar-refractivity contribution is 0.239. The van der Waals surface area contributed by atoms with Gasteiger partial charge in [0.2, 0.25) is 0 Å². The Bertz CT molecular complexity index is 429. The molecule has 0 radical (unpaired) electrons. The molecule has 3 unspecified atom stereocenters. The van der Waals surface area contributed by atoms with Crippen LogP contribution in [-0.4, -0.2) is 12.1 Å². The Hall–Kier alpha value is -1.02. The first-order valence-electron chi connectivity index (χ1n) is 7.75. The molecule has 1 saturated heterocycles. The summed E-state index contributed by atoms with van der Waals surface area (Å²) in [6.45, 7) is 4.16. The molecule has 2 nitrogen and oxygen atoms in total. The minimum Gasteiger partial charge on any atom is -0.491 e. The topological polar surface area (TPSA) is 21.3 Å². The molecule has 1 aliphatic heterocycles. The second-order valence-electron chi connectivity index (χ2n) is 6.33. The van der Waals surface area contributed by atoms with E-state index in [9.17, 15) is 0 Å². The van der Waals surface area contributed by atoms with Crippen molar-refractivity contribution >= 4 is 0 Å². The van der Waals surface area contributed by atoms with E-state index in [0.29, 0.717) is 6.04 Å². The van der Waals surface area contributed by atoms with Crippen LogP contribution in [-0.2, 0) is 0 Å². The number of nitrogens with one attached hydrogen (secondary N) is 1. The van der Waals surface area contributed by atoms with Crippen molar-refractivity contribution in [2.45, 2.75) is 64.1 Å². The van der Waals surface area contributed by atoms with E-state index < -0.39 is 0 Å². The maximum Gasteiger partial charge on any atom is 0.120 e. The van der Waals surface area contributed by atoms with E-state index in [2.05, 4.69) is 43.4 Å². The molecule has 0 amide bonds. The molecular formula is C17H25NO. The lowest BCUT2D eigenvalue weighted by Gasteiger charge is -2.34. The maximum atomic E-state index is 5.80. The molecule has 1 aliphatic carbocycles. The van der Waals surface area contributed by atoms with Gasteiger partial charge in [0.1, 0.15) is 5.75 Å². The highest BCUT2D eigenvalue weighted by Gasteiger charge is 2.33. The van der Waals surface area contributed by atoms with Crippen LogP contribution in [0.1, 0.15) is 57.6 Å². The van der Waals surface area contributed by atoms with Crippen molar-refractivity contribution in [3.05, 3.63) is 29.8 Å². The fraction of sp³-hybridized carbons (Fsp3) is 0.647. The van der Waals surface area contributed by atoms with Crippen LogP contribution in [0.15, 0.2) is 24.3 Å². The van der Waals surface area contributed by atoms with Crippen molar-refractivity contribution in [3.8, 4) is 5.75 Å². The molecule has 2 fully saturated rings. The van der Waals surface area contributed by atoms with Crippen LogP contribution in [0.2, 0.25) is 0 Å². The summed E-state index contributed by atoms with van der Waals surface area (Å²) in [4.78, 5) is 0. The van der Waals surface area contributed by atoms with Gasteiger partial charge in [-0.05, 0) is 63.1 Å². The zero-order valence-electron chi connectivity index (χ0n) is 12.1. The molecule has 104 valence electrons. The third kappa shape index (κ3) is 2.94. The Morgan fingerprint density at radius 1 is 1.16 bits per heavy atom. The number of rotatable bonds is 3. The van der Waals surface area contributed by atoms with Crippen LogP contribution >= 0.6 is 0 Å². The summed E-state index contributed by atoms with van der Waals surface area (Å²) >= 11 is 0. The summed E-state index contributed by atoms with van der Waals surface area (Å²) in [6.07, 6.45) is 7.11. The number of hydrogen-bond donors (Lipinski definition) is 1. The molecule has 3 rings (SSSR count). The number of piperidine rings is 1. The number of fused-ring (bicyclic) bond motifs is 1. The molecule has 1 N–H and O–H groups in total. The van der Waals surface area contributed by atoms with Gasteiger partial charge in [0.25, 0.3) is 0 Å². The Kier molecular flexibility index (Phi) is 3.79. The SMILES string of the molecule is CC(C)Oc1cccc(C2CCC3CCCC3N2)c1. The van der Waals surface area contributed by atoms with Gasteiger partial charge in [-0.1, -0.05) is 18.6 Å². The molecule has 3 atom stereocenters. The molecule has 0 spiro atoms. The summed E-state index contributed by atoms with van der Waals surface area (Å²) in [5.41, 5.74) is 1.39. The zero-order valence-corrected chi connectivity index (χ0v) is 12.1. The maximum absolute atomic E-state index is 5.80. The van der Waals surface area contributed by atoms with Gasteiger partial charge < -0.3 is 10.1 Å². The van der Waals surface area contributed by atoms with E-state index in [0.717, 1.165) is 17.7 Å². The van der Waals surface area contributed by atoms with Gasteiger partial charge in [-0.3, -0.25) is 0 Å². The van der Waals surface area contributed by atoms with E-state index in [1.54, 1.807) is 0 Å². The average molecular weight is 259 g/mol. The normalized spacial score (nSPS) is 30.4. The third-order valence-corrected chi connectivity index (χ3v) is 4.53. The van der Waals surface area contributed by atoms with E-state index in [4.69, 9.17) is 4.74 Å². The molecule has 1 heterocycles. The van der Waals surface area contributed by atoms with Gasteiger partial charge in [0.15, 0.2) is 0 Å². The first-order chi connectivity index (χ1) is 9.22. The molecule has 0 bridgehead atoms. The predicted octanol–water partition coefficient (Wildman–Crippen LogP) is 4.07. The van der Waals surface area contributed by atoms with Crippen molar-refractivity contribution in [1.82, 2.24) is 5.32 Å². The Morgan fingerprint density at radius 2 is 2.05 bits per heavy atom. The van der Waals surface area contributed by atoms with Crippen LogP contribution in [0.4, 0.5) is 0 Å². The second-order valence-corrected chi connectivity index (χ2v) is 6.33. The van der Waals surface area contributed by atoms with E-state index in [-0.39, 0.29) is 6.10 Å². The average Bonchev–Trinajstić information content (AvgIpc) is 2.85. The molecule has 0 aromatic heterocycles. The molecule has 1 saturated carbocycles. The van der Waals surface area contributed by atoms with Crippen LogP contribution in [0, 0.1) is 5.92 Å². The lowest BCUT2D eigenvalue weighted by atomic mass is 9.87. The van der Waals surface area contributed by atoms with Crippen molar-refractivity contribution < 1.29 is 4.74 Å². The van der Waals surface area contributed by atoms with Gasteiger partial charge in [-0.2, -0.15) is 0 Å². The smallest absolute Gasteiger partial charge is 0.120 e. The second kappa shape index (κ2) is 5.54. The van der Waals surface area contributed by atoms with Gasteiger partial charge in [0.05, 0.1) is 6.10 Å². The molecular weight excluding hydrogens is 234 g/mol. The molecule has 19 heavy (non-hydrogen) atoms. The fourth-order valence-electron chi connectivity index (χ4n) is 3.66. The summed E-state index contributed by atoms with van der Waals surface area (Å²) in [6, 6.07) is 9.91. The minimum atomic E-state index is 0.244. The van der Waals surface area contributed by atoms with Gasteiger partial charge >= 0.3 is 0 Å². The quantitative estimate of drug-likeness (QED) is 0.883. The molecule has 1 aromatic carbocycles. The largest absolute Gasteiger partial charge is 0.491 e. The summed E-state index contributed by atoms with van der Waals surface area (Å²) in [5.74, 6) is 1.94. The molecule has 2 aliphatic rings. The number of ether oxygens (including phenoxy) is 1. The van der Waals surface area contributed by atoms with Crippen LogP contribution < -0.4 is 10.1 Å². The number of benzene rings is 1. The van der Waals surface area contributed by atoms with Crippen LogP contribution in [0.3, 0.4) is 0 Å². The Morgan fingerprint density at radius 3 is 2.89 bits per heavy atom. The van der Waals surface area contributed by atoms with E-state index in [1.807, 2.05) is 0 Å². The number of hydrogen-bond acceptors (Lipinski definition) is 2. The van der Waals surface area contributed by atoms with Crippen molar-refractivity contribution in [3.63, 3.8) is 0 Å². The lowest BCUT2D eigenvalue weighted by Crippen LogP contribution is -2.40. The summed E-state index contributed by atoms with van der Waals surface area (Å²) < 4.78 is 5.80. The zero-order chi connectivity index (χ0) is 13.2. The standard InChI is InChI=1S/C17H25NO/c1-12(2)19-15-7-3-6-14(11-15)17-10-9-13-5-4-8-16(13)18-17/h3,6-7,11-13,16-18H,4-5,8-10H2,1-2H3. The monoisotopic (exact) mass is 259 g/mol. The summed E-state index contributed by atoms with van der Waals surface area (Å²) in [5, 5.41) is 3.86. The fourth-order valence-corrected chi connectivity index (χ4v) is 3.66. The van der Waals surface area contributed by atoms with Crippen molar-refractivity contribution in [2.24, 2.45) is 5.92 Å². The van der Waals surface area contributed by atoms with Crippen LogP contribution in [0.5, 0.6) is 5.75 Å². The van der Waals surface area contributed by atoms with Gasteiger partial charge in [0, 0.05) is 12.1 Å². The highest BCUT2D eigenvalue weighted by molar-refractivity contribution is 5.31. The van der Waals surface area contributed by atoms with Crippen LogP contribution in [0.25, 0.3) is 0 Å². The first-order valence-corrected chi connectivity index (χ1v) is 7.75. The molecule has 2 heteroatoms. The molecule has 1 aromatic rings. The Balaban J connectivity index is 1.71. The first kappa shape index (κ1) is 13.0. The summed E-state index contributed by atoms with van der Waals surface area (Å²) in [7, 11) is 0. The van der Waals surface area contributed by atoms with Gasteiger partial charge in [-0.15, -0.1) is 0 Å².